The van der Waals surface area contributed by atoms with Crippen LogP contribution in [0.15, 0.2) is 47.6 Å². The number of hydrogen-bond acceptors (Lipinski definition) is 0. The van der Waals surface area contributed by atoms with Crippen LogP contribution in [0.4, 0.5) is 0 Å². The van der Waals surface area contributed by atoms with Gasteiger partial charge in [-0.05, 0) is 12.8 Å². The molecule has 0 nitrogen and oxygen atoms in total. The second kappa shape index (κ2) is 6.31. The molecule has 0 spiro atoms. The van der Waals surface area contributed by atoms with E-state index < -0.39 is 0 Å². The van der Waals surface area contributed by atoms with E-state index in [9.17, 15) is 0 Å². The van der Waals surface area contributed by atoms with Crippen molar-refractivity contribution in [3.63, 3.8) is 0 Å². The number of allylic oxidation sites excluding steroid dienone is 8. The summed E-state index contributed by atoms with van der Waals surface area (Å²) >= 11 is 0. The van der Waals surface area contributed by atoms with E-state index in [-0.39, 0.29) is 34.1 Å². The van der Waals surface area contributed by atoms with Crippen molar-refractivity contribution in [1.82, 2.24) is 0 Å². The SMILES string of the molecule is C1=CCC([CH-]C2=CC=CC2)=C1.Cl.[Ti]. The first kappa shape index (κ1) is 12.8. The number of halogens is 1. The molecule has 0 aromatic heterocycles. The summed E-state index contributed by atoms with van der Waals surface area (Å²) in [5.74, 6) is 0. The second-order valence-electron chi connectivity index (χ2n) is 2.89. The maximum Gasteiger partial charge on any atom is 0 e. The van der Waals surface area contributed by atoms with E-state index in [1.165, 1.54) is 11.1 Å². The normalized spacial score (nSPS) is 17.2. The Bertz CT molecular complexity index is 244. The van der Waals surface area contributed by atoms with Crippen molar-refractivity contribution < 1.29 is 21.7 Å². The molecule has 68 valence electrons. The fourth-order valence-corrected chi connectivity index (χ4v) is 1.38. The minimum absolute atomic E-state index is 0. The third kappa shape index (κ3) is 3.60. The number of hydrogen-bond donors (Lipinski definition) is 0. The Morgan fingerprint density at radius 1 is 0.923 bits per heavy atom. The van der Waals surface area contributed by atoms with Crippen molar-refractivity contribution in [3.05, 3.63) is 54.0 Å². The Morgan fingerprint density at radius 2 is 1.38 bits per heavy atom. The molecule has 2 heteroatoms. The third-order valence-electron chi connectivity index (χ3n) is 1.97. The minimum atomic E-state index is 0. The molecule has 0 aromatic rings. The molecule has 13 heavy (non-hydrogen) atoms. The largest absolute Gasteiger partial charge is 0.163 e. The summed E-state index contributed by atoms with van der Waals surface area (Å²) in [6, 6.07) is 0. The summed E-state index contributed by atoms with van der Waals surface area (Å²) in [6.07, 6.45) is 17.5. The van der Waals surface area contributed by atoms with Gasteiger partial charge < -0.3 is 0 Å². The van der Waals surface area contributed by atoms with E-state index in [4.69, 9.17) is 0 Å². The van der Waals surface area contributed by atoms with Gasteiger partial charge >= 0.3 is 0 Å². The van der Waals surface area contributed by atoms with Crippen LogP contribution in [0.2, 0.25) is 0 Å². The molecule has 0 unspecified atom stereocenters. The van der Waals surface area contributed by atoms with Gasteiger partial charge in [0.1, 0.15) is 0 Å². The van der Waals surface area contributed by atoms with Gasteiger partial charge in [0.05, 0.1) is 0 Å². The van der Waals surface area contributed by atoms with E-state index in [2.05, 4.69) is 42.9 Å². The van der Waals surface area contributed by atoms with Crippen LogP contribution in [0.25, 0.3) is 0 Å². The summed E-state index contributed by atoms with van der Waals surface area (Å²) in [5.41, 5.74) is 2.86. The third-order valence-corrected chi connectivity index (χ3v) is 1.97. The summed E-state index contributed by atoms with van der Waals surface area (Å²) < 4.78 is 0. The molecule has 0 fully saturated rings. The quantitative estimate of drug-likeness (QED) is 0.501. The van der Waals surface area contributed by atoms with Crippen molar-refractivity contribution >= 4 is 12.4 Å². The van der Waals surface area contributed by atoms with Crippen molar-refractivity contribution in [2.24, 2.45) is 0 Å². The molecule has 0 atom stereocenters. The van der Waals surface area contributed by atoms with Gasteiger partial charge in [-0.1, -0.05) is 12.2 Å². The first-order valence-corrected chi connectivity index (χ1v) is 4.01. The van der Waals surface area contributed by atoms with E-state index in [1.54, 1.807) is 0 Å². The first-order valence-electron chi connectivity index (χ1n) is 4.01. The first-order chi connectivity index (χ1) is 5.45. The Balaban J connectivity index is 0.000000720. The van der Waals surface area contributed by atoms with Crippen LogP contribution in [-0.2, 0) is 21.7 Å². The maximum absolute atomic E-state index is 2.28. The van der Waals surface area contributed by atoms with Crippen LogP contribution in [0.5, 0.6) is 0 Å². The summed E-state index contributed by atoms with van der Waals surface area (Å²) in [6.45, 7) is 0. The molecular weight excluding hydrogens is 215 g/mol. The van der Waals surface area contributed by atoms with E-state index in [1.807, 2.05) is 0 Å². The molecule has 0 saturated heterocycles. The zero-order valence-corrected chi connectivity index (χ0v) is 9.74. The monoisotopic (exact) mass is 227 g/mol. The molecule has 0 aromatic carbocycles. The van der Waals surface area contributed by atoms with E-state index in [0.29, 0.717) is 0 Å². The second-order valence-corrected chi connectivity index (χ2v) is 2.89. The average molecular weight is 228 g/mol. The smallest absolute Gasteiger partial charge is 0 e. The fourth-order valence-electron chi connectivity index (χ4n) is 1.38. The average Bonchev–Trinajstić information content (AvgIpc) is 2.60. The topological polar surface area (TPSA) is 0 Å². The fraction of sp³-hybridized carbons (Fsp3) is 0.182. The molecule has 0 amide bonds. The van der Waals surface area contributed by atoms with Gasteiger partial charge in [0.15, 0.2) is 0 Å². The summed E-state index contributed by atoms with van der Waals surface area (Å²) in [5, 5.41) is 0. The maximum atomic E-state index is 2.28. The molecule has 2 aliphatic carbocycles. The predicted octanol–water partition coefficient (Wildman–Crippen LogP) is 3.38. The molecule has 2 aliphatic rings. The Kier molecular flexibility index (Phi) is 6.23. The van der Waals surface area contributed by atoms with Gasteiger partial charge in [0.25, 0.3) is 0 Å². The number of rotatable bonds is 2. The van der Waals surface area contributed by atoms with Crippen molar-refractivity contribution in [2.45, 2.75) is 12.8 Å². The standard InChI is InChI=1S/C11H11.ClH.Ti/c1-2-6-10(5-1)9-11-7-3-4-8-11;;/h1-5,7,9H,6,8H2;1H;/q-1;;. The Labute approximate surface area is 101 Å². The van der Waals surface area contributed by atoms with Crippen LogP contribution in [-0.4, -0.2) is 0 Å². The molecule has 0 aliphatic heterocycles. The van der Waals surface area contributed by atoms with Gasteiger partial charge in [0.2, 0.25) is 0 Å². The molecule has 2 rings (SSSR count). The molecule has 0 heterocycles. The molecule has 0 radical (unpaired) electrons. The zero-order chi connectivity index (χ0) is 7.52. The van der Waals surface area contributed by atoms with Crippen LogP contribution in [0, 0.1) is 6.42 Å². The van der Waals surface area contributed by atoms with Gasteiger partial charge in [-0.2, -0.15) is 29.7 Å². The molecule has 0 bridgehead atoms. The summed E-state index contributed by atoms with van der Waals surface area (Å²) in [7, 11) is 0. The van der Waals surface area contributed by atoms with Crippen LogP contribution < -0.4 is 0 Å². The molecule has 0 saturated carbocycles. The van der Waals surface area contributed by atoms with Crippen molar-refractivity contribution in [1.29, 1.82) is 0 Å². The molecular formula is C11H12ClTi-. The Morgan fingerprint density at radius 3 is 1.69 bits per heavy atom. The minimum Gasteiger partial charge on any atom is -0.163 e. The van der Waals surface area contributed by atoms with Crippen molar-refractivity contribution in [3.8, 4) is 0 Å². The predicted molar refractivity (Wildman–Crippen MR) is 55.2 cm³/mol. The Hall–Kier alpha value is -0.166. The summed E-state index contributed by atoms with van der Waals surface area (Å²) in [4.78, 5) is 0. The van der Waals surface area contributed by atoms with E-state index in [0.717, 1.165) is 12.8 Å². The zero-order valence-electron chi connectivity index (χ0n) is 7.36. The van der Waals surface area contributed by atoms with Crippen molar-refractivity contribution in [2.75, 3.05) is 0 Å². The van der Waals surface area contributed by atoms with Gasteiger partial charge in [-0.15, -0.1) is 24.6 Å². The van der Waals surface area contributed by atoms with Gasteiger partial charge in [0, 0.05) is 21.7 Å². The van der Waals surface area contributed by atoms with Crippen LogP contribution in [0.3, 0.4) is 0 Å². The molecule has 0 N–H and O–H groups in total. The van der Waals surface area contributed by atoms with Gasteiger partial charge in [-0.3, -0.25) is 0 Å². The van der Waals surface area contributed by atoms with Crippen LogP contribution >= 0.6 is 12.4 Å². The van der Waals surface area contributed by atoms with Gasteiger partial charge in [-0.25, -0.2) is 0 Å². The van der Waals surface area contributed by atoms with Crippen LogP contribution in [0.1, 0.15) is 12.8 Å². The van der Waals surface area contributed by atoms with E-state index >= 15 is 0 Å².